The highest BCUT2D eigenvalue weighted by Crippen LogP contribution is 2.27. The highest BCUT2D eigenvalue weighted by Gasteiger charge is 2.26. The normalized spacial score (nSPS) is 18.0. The van der Waals surface area contributed by atoms with Gasteiger partial charge in [-0.25, -0.2) is 9.78 Å². The average molecular weight is 299 g/mol. The maximum atomic E-state index is 12.0. The van der Waals surface area contributed by atoms with Crippen LogP contribution < -0.4 is 10.5 Å². The minimum absolute atomic E-state index is 0.0664. The molecule has 1 aliphatic heterocycles. The summed E-state index contributed by atoms with van der Waals surface area (Å²) in [4.78, 5) is 20.2. The van der Waals surface area contributed by atoms with Crippen LogP contribution in [0.25, 0.3) is 0 Å². The van der Waals surface area contributed by atoms with Crippen LogP contribution in [0.15, 0.2) is 5.16 Å². The van der Waals surface area contributed by atoms with Gasteiger partial charge in [-0.2, -0.15) is 4.98 Å². The second kappa shape index (κ2) is 6.76. The number of anilines is 1. The van der Waals surface area contributed by atoms with Gasteiger partial charge >= 0.3 is 5.97 Å². The SMILES string of the molecule is CCOC(=O)c1c(N)nc(SC)nc1O[C@H]1CCOC1. The fraction of sp³-hybridized carbons (Fsp3) is 0.583. The Labute approximate surface area is 121 Å². The molecule has 1 atom stereocenters. The first kappa shape index (κ1) is 14.9. The zero-order valence-electron chi connectivity index (χ0n) is 11.4. The number of rotatable bonds is 5. The quantitative estimate of drug-likeness (QED) is 0.491. The molecule has 0 spiro atoms. The average Bonchev–Trinajstić information content (AvgIpc) is 2.91. The van der Waals surface area contributed by atoms with Crippen LogP contribution in [0, 0.1) is 0 Å². The lowest BCUT2D eigenvalue weighted by Gasteiger charge is -2.15. The lowest BCUT2D eigenvalue weighted by molar-refractivity contribution is 0.0516. The van der Waals surface area contributed by atoms with Crippen molar-refractivity contribution in [3.8, 4) is 5.88 Å². The first-order valence-corrected chi connectivity index (χ1v) is 7.51. The molecule has 1 saturated heterocycles. The number of nitrogens with two attached hydrogens (primary N) is 1. The first-order valence-electron chi connectivity index (χ1n) is 6.28. The van der Waals surface area contributed by atoms with Gasteiger partial charge in [0.15, 0.2) is 10.7 Å². The maximum Gasteiger partial charge on any atom is 0.347 e. The maximum absolute atomic E-state index is 12.0. The molecule has 2 heterocycles. The van der Waals surface area contributed by atoms with Gasteiger partial charge in [0.25, 0.3) is 0 Å². The predicted molar refractivity (Wildman–Crippen MR) is 74.0 cm³/mol. The molecule has 8 heteroatoms. The summed E-state index contributed by atoms with van der Waals surface area (Å²) in [6, 6.07) is 0. The van der Waals surface area contributed by atoms with E-state index >= 15 is 0 Å². The number of aromatic nitrogens is 2. The van der Waals surface area contributed by atoms with E-state index < -0.39 is 5.97 Å². The van der Waals surface area contributed by atoms with Crippen molar-refractivity contribution in [2.45, 2.75) is 24.6 Å². The number of hydrogen-bond acceptors (Lipinski definition) is 8. The number of thioether (sulfide) groups is 1. The molecule has 0 aliphatic carbocycles. The van der Waals surface area contributed by atoms with E-state index in [0.717, 1.165) is 6.42 Å². The van der Waals surface area contributed by atoms with E-state index in [0.29, 0.717) is 18.4 Å². The van der Waals surface area contributed by atoms with Crippen LogP contribution in [-0.4, -0.2) is 48.1 Å². The molecule has 1 fully saturated rings. The standard InChI is InChI=1S/C12H17N3O4S/c1-3-18-11(16)8-9(13)14-12(20-2)15-10(8)19-7-4-5-17-6-7/h7H,3-6H2,1-2H3,(H2,13,14,15)/t7-/m0/s1. The Morgan fingerprint density at radius 3 is 2.95 bits per heavy atom. The van der Waals surface area contributed by atoms with Crippen LogP contribution in [0.1, 0.15) is 23.7 Å². The Bertz CT molecular complexity index is 492. The molecular formula is C12H17N3O4S. The number of hydrogen-bond donors (Lipinski definition) is 1. The van der Waals surface area contributed by atoms with Crippen molar-refractivity contribution in [3.05, 3.63) is 5.56 Å². The number of nitrogens with zero attached hydrogens (tertiary/aromatic N) is 2. The Morgan fingerprint density at radius 1 is 1.55 bits per heavy atom. The Balaban J connectivity index is 2.33. The van der Waals surface area contributed by atoms with Crippen LogP contribution >= 0.6 is 11.8 Å². The smallest absolute Gasteiger partial charge is 0.347 e. The van der Waals surface area contributed by atoms with E-state index in [-0.39, 0.29) is 30.0 Å². The molecule has 1 aromatic heterocycles. The van der Waals surface area contributed by atoms with E-state index in [1.54, 1.807) is 6.92 Å². The molecule has 7 nitrogen and oxygen atoms in total. The monoisotopic (exact) mass is 299 g/mol. The van der Waals surface area contributed by atoms with Crippen molar-refractivity contribution in [2.75, 3.05) is 31.8 Å². The Kier molecular flexibility index (Phi) is 5.02. The van der Waals surface area contributed by atoms with Crippen LogP contribution in [-0.2, 0) is 9.47 Å². The fourth-order valence-corrected chi connectivity index (χ4v) is 2.14. The van der Waals surface area contributed by atoms with Gasteiger partial charge in [0.05, 0.1) is 19.8 Å². The highest BCUT2D eigenvalue weighted by molar-refractivity contribution is 7.98. The van der Waals surface area contributed by atoms with Crippen LogP contribution in [0.4, 0.5) is 5.82 Å². The molecule has 0 saturated carbocycles. The van der Waals surface area contributed by atoms with Crippen LogP contribution in [0.3, 0.4) is 0 Å². The molecule has 0 amide bonds. The summed E-state index contributed by atoms with van der Waals surface area (Å²) in [7, 11) is 0. The molecule has 110 valence electrons. The summed E-state index contributed by atoms with van der Waals surface area (Å²) in [6.45, 7) is 3.07. The molecule has 0 bridgehead atoms. The third-order valence-corrected chi connectivity index (χ3v) is 3.26. The molecule has 2 N–H and O–H groups in total. The molecule has 1 aliphatic rings. The largest absolute Gasteiger partial charge is 0.471 e. The number of carbonyl (C=O) groups is 1. The van der Waals surface area contributed by atoms with E-state index in [9.17, 15) is 4.79 Å². The third kappa shape index (κ3) is 3.31. The number of esters is 1. The van der Waals surface area contributed by atoms with Crippen LogP contribution in [0.2, 0.25) is 0 Å². The third-order valence-electron chi connectivity index (χ3n) is 2.71. The lowest BCUT2D eigenvalue weighted by atomic mass is 10.3. The van der Waals surface area contributed by atoms with Crippen molar-refractivity contribution in [1.82, 2.24) is 9.97 Å². The van der Waals surface area contributed by atoms with E-state index in [1.807, 2.05) is 6.26 Å². The molecule has 20 heavy (non-hydrogen) atoms. The van der Waals surface area contributed by atoms with Gasteiger partial charge in [0, 0.05) is 6.42 Å². The van der Waals surface area contributed by atoms with Gasteiger partial charge in [-0.15, -0.1) is 0 Å². The van der Waals surface area contributed by atoms with Gasteiger partial charge in [-0.05, 0) is 13.2 Å². The zero-order chi connectivity index (χ0) is 14.5. The zero-order valence-corrected chi connectivity index (χ0v) is 12.2. The summed E-state index contributed by atoms with van der Waals surface area (Å²) < 4.78 is 15.9. The minimum atomic E-state index is -0.577. The minimum Gasteiger partial charge on any atom is -0.471 e. The summed E-state index contributed by atoms with van der Waals surface area (Å²) in [5.41, 5.74) is 5.91. The van der Waals surface area contributed by atoms with Gasteiger partial charge in [0.1, 0.15) is 11.9 Å². The fourth-order valence-electron chi connectivity index (χ4n) is 1.77. The van der Waals surface area contributed by atoms with Crippen molar-refractivity contribution < 1.29 is 19.0 Å². The lowest BCUT2D eigenvalue weighted by Crippen LogP contribution is -2.21. The first-order chi connectivity index (χ1) is 9.65. The van der Waals surface area contributed by atoms with Crippen molar-refractivity contribution >= 4 is 23.5 Å². The van der Waals surface area contributed by atoms with Gasteiger partial charge in [0.2, 0.25) is 5.88 Å². The molecule has 0 unspecified atom stereocenters. The Hall–Kier alpha value is -1.54. The second-order valence-electron chi connectivity index (χ2n) is 4.10. The van der Waals surface area contributed by atoms with Gasteiger partial charge in [-0.3, -0.25) is 0 Å². The van der Waals surface area contributed by atoms with Crippen molar-refractivity contribution in [1.29, 1.82) is 0 Å². The summed E-state index contributed by atoms with van der Waals surface area (Å²) >= 11 is 1.32. The molecule has 0 radical (unpaired) electrons. The number of carbonyl (C=O) groups excluding carboxylic acids is 1. The van der Waals surface area contributed by atoms with Crippen molar-refractivity contribution in [3.63, 3.8) is 0 Å². The molecule has 0 aromatic carbocycles. The summed E-state index contributed by atoms with van der Waals surface area (Å²) in [6.07, 6.45) is 2.44. The summed E-state index contributed by atoms with van der Waals surface area (Å²) in [5, 5.41) is 0.449. The van der Waals surface area contributed by atoms with E-state index in [1.165, 1.54) is 11.8 Å². The molecule has 2 rings (SSSR count). The second-order valence-corrected chi connectivity index (χ2v) is 4.87. The molecular weight excluding hydrogens is 282 g/mol. The van der Waals surface area contributed by atoms with Gasteiger partial charge < -0.3 is 19.9 Å². The molecule has 1 aromatic rings. The van der Waals surface area contributed by atoms with E-state index in [2.05, 4.69) is 9.97 Å². The topological polar surface area (TPSA) is 96.6 Å². The van der Waals surface area contributed by atoms with Crippen LogP contribution in [0.5, 0.6) is 5.88 Å². The number of nitrogen functional groups attached to an aromatic ring is 1. The summed E-state index contributed by atoms with van der Waals surface area (Å²) in [5.74, 6) is -0.348. The Morgan fingerprint density at radius 2 is 2.35 bits per heavy atom. The predicted octanol–water partition coefficient (Wildman–Crippen LogP) is 1.13. The number of ether oxygens (including phenoxy) is 3. The van der Waals surface area contributed by atoms with Crippen molar-refractivity contribution in [2.24, 2.45) is 0 Å². The van der Waals surface area contributed by atoms with Gasteiger partial charge in [-0.1, -0.05) is 11.8 Å². The highest BCUT2D eigenvalue weighted by atomic mass is 32.2. The van der Waals surface area contributed by atoms with E-state index in [4.69, 9.17) is 19.9 Å².